The van der Waals surface area contributed by atoms with Gasteiger partial charge in [0.25, 0.3) is 0 Å². The van der Waals surface area contributed by atoms with Crippen molar-refractivity contribution in [3.05, 3.63) is 40.5 Å². The predicted molar refractivity (Wildman–Crippen MR) is 68.2 cm³/mol. The molecule has 0 unspecified atom stereocenters. The van der Waals surface area contributed by atoms with Crippen molar-refractivity contribution in [2.45, 2.75) is 20.6 Å². The Morgan fingerprint density at radius 1 is 1.41 bits per heavy atom. The van der Waals surface area contributed by atoms with Gasteiger partial charge in [-0.05, 0) is 31.0 Å². The SMILES string of the molecule is Cc1ccc(C)c(OCn2cc(Cl)c(N)n2)c1. The molecule has 0 atom stereocenters. The van der Waals surface area contributed by atoms with Crippen LogP contribution in [-0.2, 0) is 6.73 Å². The molecule has 0 aliphatic carbocycles. The minimum absolute atomic E-state index is 0.293. The van der Waals surface area contributed by atoms with E-state index in [1.54, 1.807) is 10.9 Å². The Kier molecular flexibility index (Phi) is 3.24. The predicted octanol–water partition coefficient (Wildman–Crippen LogP) is 2.77. The number of ether oxygens (including phenoxy) is 1. The summed E-state index contributed by atoms with van der Waals surface area (Å²) >= 11 is 5.80. The highest BCUT2D eigenvalue weighted by Crippen LogP contribution is 2.20. The lowest BCUT2D eigenvalue weighted by molar-refractivity contribution is 0.220. The first-order valence-corrected chi connectivity index (χ1v) is 5.62. The molecule has 17 heavy (non-hydrogen) atoms. The Hall–Kier alpha value is -1.68. The molecule has 0 fully saturated rings. The van der Waals surface area contributed by atoms with Gasteiger partial charge >= 0.3 is 0 Å². The molecule has 2 rings (SSSR count). The summed E-state index contributed by atoms with van der Waals surface area (Å²) in [4.78, 5) is 0. The van der Waals surface area contributed by atoms with E-state index >= 15 is 0 Å². The summed E-state index contributed by atoms with van der Waals surface area (Å²) in [6.07, 6.45) is 1.64. The van der Waals surface area contributed by atoms with E-state index in [9.17, 15) is 0 Å². The molecule has 2 N–H and O–H groups in total. The molecule has 1 aromatic heterocycles. The lowest BCUT2D eigenvalue weighted by atomic mass is 10.1. The fraction of sp³-hybridized carbons (Fsp3) is 0.250. The van der Waals surface area contributed by atoms with Crippen LogP contribution in [0.5, 0.6) is 5.75 Å². The minimum Gasteiger partial charge on any atom is -0.471 e. The molecule has 90 valence electrons. The van der Waals surface area contributed by atoms with E-state index in [1.165, 1.54) is 0 Å². The Morgan fingerprint density at radius 2 is 2.18 bits per heavy atom. The quantitative estimate of drug-likeness (QED) is 0.913. The third-order valence-corrected chi connectivity index (χ3v) is 2.73. The molecule has 0 aliphatic rings. The first-order valence-electron chi connectivity index (χ1n) is 5.25. The molecular formula is C12H14ClN3O. The number of hydrogen-bond acceptors (Lipinski definition) is 3. The number of nitrogens with two attached hydrogens (primary N) is 1. The topological polar surface area (TPSA) is 53.1 Å². The van der Waals surface area contributed by atoms with Crippen LogP contribution in [0.2, 0.25) is 5.02 Å². The standard InChI is InChI=1S/C12H14ClN3O/c1-8-3-4-9(2)11(5-8)17-7-16-6-10(13)12(14)15-16/h3-6H,7H2,1-2H3,(H2,14,15). The molecular weight excluding hydrogens is 238 g/mol. The highest BCUT2D eigenvalue weighted by atomic mass is 35.5. The molecule has 0 spiro atoms. The van der Waals surface area contributed by atoms with Gasteiger partial charge in [0.05, 0.1) is 0 Å². The van der Waals surface area contributed by atoms with Gasteiger partial charge in [0.2, 0.25) is 0 Å². The average molecular weight is 252 g/mol. The summed E-state index contributed by atoms with van der Waals surface area (Å²) in [5, 5.41) is 4.45. The Labute approximate surface area is 105 Å². The maximum Gasteiger partial charge on any atom is 0.181 e. The van der Waals surface area contributed by atoms with E-state index in [4.69, 9.17) is 22.1 Å². The summed E-state index contributed by atoms with van der Waals surface area (Å²) in [7, 11) is 0. The van der Waals surface area contributed by atoms with Crippen LogP contribution < -0.4 is 10.5 Å². The Morgan fingerprint density at radius 3 is 2.82 bits per heavy atom. The molecule has 1 heterocycles. The molecule has 0 bridgehead atoms. The van der Waals surface area contributed by atoms with Gasteiger partial charge in [-0.1, -0.05) is 23.7 Å². The second-order valence-electron chi connectivity index (χ2n) is 3.94. The van der Waals surface area contributed by atoms with Crippen molar-refractivity contribution < 1.29 is 4.74 Å². The molecule has 2 aromatic rings. The summed E-state index contributed by atoms with van der Waals surface area (Å²) in [5.74, 6) is 1.16. The van der Waals surface area contributed by atoms with Gasteiger partial charge < -0.3 is 10.5 Å². The zero-order valence-corrected chi connectivity index (χ0v) is 10.5. The van der Waals surface area contributed by atoms with Crippen LogP contribution in [0.4, 0.5) is 5.82 Å². The van der Waals surface area contributed by atoms with E-state index in [-0.39, 0.29) is 0 Å². The monoisotopic (exact) mass is 251 g/mol. The van der Waals surface area contributed by atoms with Gasteiger partial charge in [-0.15, -0.1) is 0 Å². The summed E-state index contributed by atoms with van der Waals surface area (Å²) in [5.41, 5.74) is 7.79. The molecule has 0 amide bonds. The highest BCUT2D eigenvalue weighted by molar-refractivity contribution is 6.32. The number of hydrogen-bond donors (Lipinski definition) is 1. The van der Waals surface area contributed by atoms with Gasteiger partial charge in [-0.2, -0.15) is 5.10 Å². The number of nitrogens with zero attached hydrogens (tertiary/aromatic N) is 2. The molecule has 0 saturated carbocycles. The zero-order valence-electron chi connectivity index (χ0n) is 9.77. The number of anilines is 1. The average Bonchev–Trinajstić information content (AvgIpc) is 2.60. The third kappa shape index (κ3) is 2.71. The van der Waals surface area contributed by atoms with Crippen molar-refractivity contribution in [2.75, 3.05) is 5.73 Å². The van der Waals surface area contributed by atoms with Gasteiger partial charge in [-0.3, -0.25) is 0 Å². The van der Waals surface area contributed by atoms with Crippen LogP contribution in [0.1, 0.15) is 11.1 Å². The fourth-order valence-electron chi connectivity index (χ4n) is 1.48. The van der Waals surface area contributed by atoms with Gasteiger partial charge in [-0.25, -0.2) is 4.68 Å². The van der Waals surface area contributed by atoms with E-state index in [0.29, 0.717) is 17.6 Å². The van der Waals surface area contributed by atoms with Crippen LogP contribution in [-0.4, -0.2) is 9.78 Å². The summed E-state index contributed by atoms with van der Waals surface area (Å²) in [6, 6.07) is 6.06. The molecule has 0 radical (unpaired) electrons. The second kappa shape index (κ2) is 4.67. The number of halogens is 1. The summed E-state index contributed by atoms with van der Waals surface area (Å²) < 4.78 is 7.23. The summed E-state index contributed by atoms with van der Waals surface area (Å²) in [6.45, 7) is 4.31. The number of nitrogen functional groups attached to an aromatic ring is 1. The van der Waals surface area contributed by atoms with E-state index in [1.807, 2.05) is 32.0 Å². The Bertz CT molecular complexity index is 517. The van der Waals surface area contributed by atoms with Crippen molar-refractivity contribution in [3.63, 3.8) is 0 Å². The third-order valence-electron chi connectivity index (χ3n) is 2.44. The minimum atomic E-state index is 0.293. The molecule has 0 aliphatic heterocycles. The van der Waals surface area contributed by atoms with Crippen LogP contribution >= 0.6 is 11.6 Å². The molecule has 4 nitrogen and oxygen atoms in total. The van der Waals surface area contributed by atoms with Crippen LogP contribution in [0.25, 0.3) is 0 Å². The zero-order chi connectivity index (χ0) is 12.4. The van der Waals surface area contributed by atoms with Gasteiger partial charge in [0.15, 0.2) is 12.5 Å². The lowest BCUT2D eigenvalue weighted by Gasteiger charge is -2.09. The van der Waals surface area contributed by atoms with Gasteiger partial charge in [0, 0.05) is 6.20 Å². The van der Waals surface area contributed by atoms with Crippen LogP contribution in [0.3, 0.4) is 0 Å². The second-order valence-corrected chi connectivity index (χ2v) is 4.35. The number of benzene rings is 1. The number of aryl methyl sites for hydroxylation is 2. The number of rotatable bonds is 3. The van der Waals surface area contributed by atoms with Crippen molar-refractivity contribution in [3.8, 4) is 5.75 Å². The first kappa shape index (κ1) is 11.8. The first-order chi connectivity index (χ1) is 8.06. The van der Waals surface area contributed by atoms with Crippen molar-refractivity contribution in [2.24, 2.45) is 0 Å². The largest absolute Gasteiger partial charge is 0.471 e. The van der Waals surface area contributed by atoms with Crippen LogP contribution in [0, 0.1) is 13.8 Å². The molecule has 5 heteroatoms. The highest BCUT2D eigenvalue weighted by Gasteiger charge is 2.04. The van der Waals surface area contributed by atoms with E-state index in [2.05, 4.69) is 5.10 Å². The van der Waals surface area contributed by atoms with Gasteiger partial charge in [0.1, 0.15) is 10.8 Å². The van der Waals surface area contributed by atoms with Crippen molar-refractivity contribution >= 4 is 17.4 Å². The number of aromatic nitrogens is 2. The van der Waals surface area contributed by atoms with Crippen molar-refractivity contribution in [1.29, 1.82) is 0 Å². The van der Waals surface area contributed by atoms with Crippen molar-refractivity contribution in [1.82, 2.24) is 9.78 Å². The normalized spacial score (nSPS) is 10.5. The van der Waals surface area contributed by atoms with E-state index < -0.39 is 0 Å². The molecule has 1 aromatic carbocycles. The molecule has 0 saturated heterocycles. The van der Waals surface area contributed by atoms with E-state index in [0.717, 1.165) is 16.9 Å². The van der Waals surface area contributed by atoms with Crippen LogP contribution in [0.15, 0.2) is 24.4 Å². The maximum atomic E-state index is 5.80. The lowest BCUT2D eigenvalue weighted by Crippen LogP contribution is -2.06. The maximum absolute atomic E-state index is 5.80. The fourth-order valence-corrected chi connectivity index (χ4v) is 1.63. The smallest absolute Gasteiger partial charge is 0.181 e. The Balaban J connectivity index is 2.09.